The summed E-state index contributed by atoms with van der Waals surface area (Å²) < 4.78 is 0.998. The topological polar surface area (TPSA) is 33.1 Å². The smallest absolute Gasteiger partial charge is 0.102 e. The number of aliphatic hydroxyl groups is 1. The van der Waals surface area contributed by atoms with Crippen molar-refractivity contribution in [2.75, 3.05) is 0 Å². The molecular formula is C8H10INO. The normalized spacial score (nSPS) is 11.6. The molecule has 0 fully saturated rings. The van der Waals surface area contributed by atoms with Crippen molar-refractivity contribution in [2.24, 2.45) is 0 Å². The largest absolute Gasteiger partial charge is 0.384 e. The van der Waals surface area contributed by atoms with Gasteiger partial charge in [0.05, 0.1) is 5.69 Å². The molecule has 0 aromatic carbocycles. The van der Waals surface area contributed by atoms with E-state index in [1.54, 1.807) is 20.0 Å². The van der Waals surface area contributed by atoms with E-state index in [4.69, 9.17) is 0 Å². The Labute approximate surface area is 79.8 Å². The van der Waals surface area contributed by atoms with Crippen LogP contribution in [-0.2, 0) is 5.60 Å². The summed E-state index contributed by atoms with van der Waals surface area (Å²) in [5.41, 5.74) is -0.0989. The first-order valence-electron chi connectivity index (χ1n) is 3.35. The second-order valence-electron chi connectivity index (χ2n) is 2.89. The molecular weight excluding hydrogens is 253 g/mol. The van der Waals surface area contributed by atoms with Gasteiger partial charge in [-0.1, -0.05) is 0 Å². The van der Waals surface area contributed by atoms with E-state index in [9.17, 15) is 5.11 Å². The number of aromatic nitrogens is 1. The van der Waals surface area contributed by atoms with Crippen LogP contribution in [0.4, 0.5) is 0 Å². The maximum atomic E-state index is 9.60. The first-order chi connectivity index (χ1) is 5.02. The van der Waals surface area contributed by atoms with Gasteiger partial charge in [0, 0.05) is 9.77 Å². The summed E-state index contributed by atoms with van der Waals surface area (Å²) in [6.07, 6.45) is 1.69. The fourth-order valence-corrected chi connectivity index (χ4v) is 1.84. The standard InChI is InChI=1S/C8H10INO/c1-8(2,11)7-6(9)4-3-5-10-7/h3-5,11H,1-2H3. The van der Waals surface area contributed by atoms with Crippen molar-refractivity contribution >= 4 is 22.6 Å². The zero-order valence-corrected chi connectivity index (χ0v) is 8.66. The molecule has 1 N–H and O–H groups in total. The Morgan fingerprint density at radius 1 is 1.55 bits per heavy atom. The van der Waals surface area contributed by atoms with Gasteiger partial charge in [-0.05, 0) is 48.6 Å². The van der Waals surface area contributed by atoms with Crippen LogP contribution < -0.4 is 0 Å². The van der Waals surface area contributed by atoms with E-state index in [1.807, 2.05) is 12.1 Å². The lowest BCUT2D eigenvalue weighted by molar-refractivity contribution is 0.0729. The molecule has 0 unspecified atom stereocenters. The van der Waals surface area contributed by atoms with Crippen molar-refractivity contribution < 1.29 is 5.11 Å². The molecule has 0 spiro atoms. The Kier molecular flexibility index (Phi) is 2.49. The van der Waals surface area contributed by atoms with Crippen LogP contribution in [0.15, 0.2) is 18.3 Å². The zero-order valence-electron chi connectivity index (χ0n) is 6.50. The highest BCUT2D eigenvalue weighted by atomic mass is 127. The fraction of sp³-hybridized carbons (Fsp3) is 0.375. The Hall–Kier alpha value is -0.160. The van der Waals surface area contributed by atoms with Gasteiger partial charge >= 0.3 is 0 Å². The van der Waals surface area contributed by atoms with Gasteiger partial charge in [-0.25, -0.2) is 0 Å². The molecule has 0 aliphatic rings. The van der Waals surface area contributed by atoms with Gasteiger partial charge in [0.2, 0.25) is 0 Å². The van der Waals surface area contributed by atoms with Crippen LogP contribution in [0.2, 0.25) is 0 Å². The minimum absolute atomic E-state index is 0.737. The Balaban J connectivity index is 3.14. The second kappa shape index (κ2) is 3.06. The molecule has 1 heterocycles. The molecule has 0 bridgehead atoms. The van der Waals surface area contributed by atoms with E-state index in [0.717, 1.165) is 9.26 Å². The van der Waals surface area contributed by atoms with Crippen LogP contribution in [-0.4, -0.2) is 10.1 Å². The van der Waals surface area contributed by atoms with E-state index >= 15 is 0 Å². The minimum atomic E-state index is -0.836. The summed E-state index contributed by atoms with van der Waals surface area (Å²) in [6.45, 7) is 3.47. The van der Waals surface area contributed by atoms with Crippen molar-refractivity contribution in [1.29, 1.82) is 0 Å². The number of rotatable bonds is 1. The highest BCUT2D eigenvalue weighted by Crippen LogP contribution is 2.21. The molecule has 0 saturated heterocycles. The predicted molar refractivity (Wildman–Crippen MR) is 52.2 cm³/mol. The maximum absolute atomic E-state index is 9.60. The SMILES string of the molecule is CC(C)(O)c1ncccc1I. The van der Waals surface area contributed by atoms with E-state index in [0.29, 0.717) is 0 Å². The molecule has 0 aliphatic carbocycles. The van der Waals surface area contributed by atoms with Gasteiger partial charge in [0.15, 0.2) is 0 Å². The molecule has 60 valence electrons. The van der Waals surface area contributed by atoms with Crippen LogP contribution >= 0.6 is 22.6 Å². The van der Waals surface area contributed by atoms with Crippen molar-refractivity contribution in [2.45, 2.75) is 19.4 Å². The number of pyridine rings is 1. The monoisotopic (exact) mass is 263 g/mol. The Morgan fingerprint density at radius 3 is 2.55 bits per heavy atom. The highest BCUT2D eigenvalue weighted by Gasteiger charge is 2.19. The van der Waals surface area contributed by atoms with Gasteiger partial charge in [0.25, 0.3) is 0 Å². The van der Waals surface area contributed by atoms with Crippen molar-refractivity contribution in [3.63, 3.8) is 0 Å². The lowest BCUT2D eigenvalue weighted by atomic mass is 10.1. The summed E-state index contributed by atoms with van der Waals surface area (Å²) in [6, 6.07) is 3.79. The maximum Gasteiger partial charge on any atom is 0.102 e. The fourth-order valence-electron chi connectivity index (χ4n) is 0.836. The molecule has 1 aromatic rings. The molecule has 1 rings (SSSR count). The van der Waals surface area contributed by atoms with E-state index in [2.05, 4.69) is 27.6 Å². The number of hydrogen-bond acceptors (Lipinski definition) is 2. The highest BCUT2D eigenvalue weighted by molar-refractivity contribution is 14.1. The van der Waals surface area contributed by atoms with Gasteiger partial charge in [-0.15, -0.1) is 0 Å². The average Bonchev–Trinajstić information content (AvgIpc) is 1.86. The third-order valence-corrected chi connectivity index (χ3v) is 2.21. The molecule has 1 aromatic heterocycles. The van der Waals surface area contributed by atoms with Crippen LogP contribution in [0.1, 0.15) is 19.5 Å². The summed E-state index contributed by atoms with van der Waals surface area (Å²) in [5.74, 6) is 0. The van der Waals surface area contributed by atoms with Crippen LogP contribution in [0.5, 0.6) is 0 Å². The van der Waals surface area contributed by atoms with Crippen molar-refractivity contribution in [3.8, 4) is 0 Å². The number of hydrogen-bond donors (Lipinski definition) is 1. The van der Waals surface area contributed by atoms with Crippen LogP contribution in [0, 0.1) is 3.57 Å². The quantitative estimate of drug-likeness (QED) is 0.785. The molecule has 0 radical (unpaired) electrons. The predicted octanol–water partition coefficient (Wildman–Crippen LogP) is 1.91. The van der Waals surface area contributed by atoms with E-state index in [-0.39, 0.29) is 0 Å². The first kappa shape index (κ1) is 8.93. The molecule has 0 atom stereocenters. The summed E-state index contributed by atoms with van der Waals surface area (Å²) in [5, 5.41) is 9.60. The molecule has 2 nitrogen and oxygen atoms in total. The zero-order chi connectivity index (χ0) is 8.48. The first-order valence-corrected chi connectivity index (χ1v) is 4.43. The lowest BCUT2D eigenvalue weighted by Crippen LogP contribution is -2.18. The van der Waals surface area contributed by atoms with Gasteiger partial charge in [0.1, 0.15) is 5.60 Å². The van der Waals surface area contributed by atoms with Crippen molar-refractivity contribution in [1.82, 2.24) is 4.98 Å². The summed E-state index contributed by atoms with van der Waals surface area (Å²) in [7, 11) is 0. The van der Waals surface area contributed by atoms with Crippen LogP contribution in [0.3, 0.4) is 0 Å². The van der Waals surface area contributed by atoms with Crippen molar-refractivity contribution in [3.05, 3.63) is 27.6 Å². The molecule has 0 saturated carbocycles. The molecule has 0 aliphatic heterocycles. The second-order valence-corrected chi connectivity index (χ2v) is 4.06. The molecule has 11 heavy (non-hydrogen) atoms. The van der Waals surface area contributed by atoms with Crippen LogP contribution in [0.25, 0.3) is 0 Å². The number of halogens is 1. The average molecular weight is 263 g/mol. The van der Waals surface area contributed by atoms with Gasteiger partial charge in [-0.2, -0.15) is 0 Å². The Bertz CT molecular complexity index is 255. The Morgan fingerprint density at radius 2 is 2.18 bits per heavy atom. The summed E-state index contributed by atoms with van der Waals surface area (Å²) >= 11 is 2.16. The van der Waals surface area contributed by atoms with Gasteiger partial charge < -0.3 is 5.11 Å². The van der Waals surface area contributed by atoms with Gasteiger partial charge in [-0.3, -0.25) is 4.98 Å². The lowest BCUT2D eigenvalue weighted by Gasteiger charge is -2.17. The third-order valence-electron chi connectivity index (χ3n) is 1.34. The van der Waals surface area contributed by atoms with E-state index < -0.39 is 5.60 Å². The molecule has 0 amide bonds. The minimum Gasteiger partial charge on any atom is -0.384 e. The third kappa shape index (κ3) is 2.13. The molecule has 3 heteroatoms. The number of nitrogens with zero attached hydrogens (tertiary/aromatic N) is 1. The van der Waals surface area contributed by atoms with E-state index in [1.165, 1.54) is 0 Å². The summed E-state index contributed by atoms with van der Waals surface area (Å²) in [4.78, 5) is 4.09.